The molecule has 1 aromatic rings. The first-order valence-electron chi connectivity index (χ1n) is 7.40. The lowest BCUT2D eigenvalue weighted by Gasteiger charge is -2.43. The molecule has 0 spiro atoms. The minimum absolute atomic E-state index is 0.283. The third-order valence-corrected chi connectivity index (χ3v) is 5.84. The Labute approximate surface area is 146 Å². The summed E-state index contributed by atoms with van der Waals surface area (Å²) < 4.78 is 29.8. The topological polar surface area (TPSA) is 80.7 Å². The lowest BCUT2D eigenvalue weighted by molar-refractivity contribution is 0.319. The number of hydrogen-bond acceptors (Lipinski definition) is 4. The quantitative estimate of drug-likeness (QED) is 0.351. The highest BCUT2D eigenvalue weighted by Gasteiger charge is 2.42. The first kappa shape index (κ1) is 18.8. The molecule has 1 aliphatic rings. The first-order valence-corrected chi connectivity index (χ1v) is 9.77. The Bertz CT molecular complexity index is 698. The fraction of sp³-hybridized carbons (Fsp3) is 0.571. The molecule has 0 bridgehead atoms. The van der Waals surface area contributed by atoms with E-state index >= 15 is 0 Å². The zero-order valence-corrected chi connectivity index (χ0v) is 15.3. The van der Waals surface area contributed by atoms with Crippen LogP contribution in [0, 0.1) is 5.21 Å². The molecule has 0 fully saturated rings. The summed E-state index contributed by atoms with van der Waals surface area (Å²) in [5.74, 6) is -0.283. The van der Waals surface area contributed by atoms with Crippen molar-refractivity contribution in [2.45, 2.75) is 32.9 Å². The van der Waals surface area contributed by atoms with Crippen molar-refractivity contribution in [1.82, 2.24) is 4.65 Å². The van der Waals surface area contributed by atoms with E-state index < -0.39 is 14.8 Å². The van der Waals surface area contributed by atoms with Gasteiger partial charge in [0.2, 0.25) is 0 Å². The zero-order valence-electron chi connectivity index (χ0n) is 13.0. The highest BCUT2D eigenvalue weighted by Crippen LogP contribution is 2.47. The van der Waals surface area contributed by atoms with E-state index in [0.29, 0.717) is 41.7 Å². The second-order valence-corrected chi connectivity index (χ2v) is 8.07. The van der Waals surface area contributed by atoms with Crippen LogP contribution in [0.25, 0.3) is 0 Å². The lowest BCUT2D eigenvalue weighted by Crippen LogP contribution is -2.53. The Hall–Kier alpha value is -0.570. The second-order valence-electron chi connectivity index (χ2n) is 5.69. The number of rotatable bonds is 6. The molecular weight excluding hydrogens is 363 g/mol. The van der Waals surface area contributed by atoms with Crippen LogP contribution in [0.4, 0.5) is 11.4 Å². The molecule has 23 heavy (non-hydrogen) atoms. The summed E-state index contributed by atoms with van der Waals surface area (Å²) in [4.78, 5) is 1.93. The van der Waals surface area contributed by atoms with E-state index in [2.05, 4.69) is 0 Å². The van der Waals surface area contributed by atoms with Crippen LogP contribution >= 0.6 is 23.2 Å². The van der Waals surface area contributed by atoms with Crippen molar-refractivity contribution in [2.24, 2.45) is 0 Å². The Morgan fingerprint density at radius 3 is 2.48 bits per heavy atom. The van der Waals surface area contributed by atoms with Crippen LogP contribution in [0.2, 0.25) is 10.0 Å². The van der Waals surface area contributed by atoms with Crippen molar-refractivity contribution < 1.29 is 13.0 Å². The molecular formula is C14H20Cl2N2O4S. The first-order chi connectivity index (χ1) is 10.6. The van der Waals surface area contributed by atoms with Crippen LogP contribution in [0.15, 0.2) is 12.1 Å². The number of fused-ring (bicyclic) bond motifs is 1. The summed E-state index contributed by atoms with van der Waals surface area (Å²) in [6.45, 7) is 4.51. The Morgan fingerprint density at radius 1 is 1.30 bits per heavy atom. The zero-order chi connectivity index (χ0) is 17.4. The summed E-state index contributed by atoms with van der Waals surface area (Å²) in [7, 11) is -3.96. The minimum atomic E-state index is -3.96. The standard InChI is InChI=1S/C14H20Cl2N2O4S/c1-3-18(19)10(2)17(6-4-5-7-23(20,21)22)13-8-11(15)12(16)9-14(13)18/h8-10H,3-7H2,1-2H3,(H,20,21,22). The van der Waals surface area contributed by atoms with Crippen LogP contribution in [-0.2, 0) is 10.1 Å². The minimum Gasteiger partial charge on any atom is -0.626 e. The predicted molar refractivity (Wildman–Crippen MR) is 94.6 cm³/mol. The number of quaternary nitrogens is 1. The fourth-order valence-corrected chi connectivity index (χ4v) is 3.88. The molecule has 1 heterocycles. The van der Waals surface area contributed by atoms with Crippen molar-refractivity contribution in [3.8, 4) is 0 Å². The van der Waals surface area contributed by atoms with Crippen LogP contribution < -0.4 is 9.55 Å². The maximum atomic E-state index is 13.1. The van der Waals surface area contributed by atoms with Crippen molar-refractivity contribution >= 4 is 44.7 Å². The van der Waals surface area contributed by atoms with E-state index in [-0.39, 0.29) is 11.9 Å². The number of unbranched alkanes of at least 4 members (excludes halogenated alkanes) is 1. The SMILES string of the molecule is CC[N+]1([O-])c2cc(Cl)c(Cl)cc2N(CCCCS(=O)(=O)O)C1C. The summed E-state index contributed by atoms with van der Waals surface area (Å²) in [5, 5.41) is 13.9. The van der Waals surface area contributed by atoms with Crippen molar-refractivity contribution in [1.29, 1.82) is 0 Å². The molecule has 0 amide bonds. The van der Waals surface area contributed by atoms with E-state index in [9.17, 15) is 13.6 Å². The number of nitrogens with zero attached hydrogens (tertiary/aromatic N) is 2. The van der Waals surface area contributed by atoms with Crippen molar-refractivity contribution in [3.63, 3.8) is 0 Å². The Kier molecular flexibility index (Phi) is 5.50. The third-order valence-electron chi connectivity index (χ3n) is 4.31. The van der Waals surface area contributed by atoms with Gasteiger partial charge in [0.25, 0.3) is 10.1 Å². The molecule has 130 valence electrons. The van der Waals surface area contributed by atoms with Gasteiger partial charge in [0.15, 0.2) is 11.9 Å². The highest BCUT2D eigenvalue weighted by atomic mass is 35.5. The maximum Gasteiger partial charge on any atom is 0.264 e. The lowest BCUT2D eigenvalue weighted by atomic mass is 10.2. The predicted octanol–water partition coefficient (Wildman–Crippen LogP) is 3.65. The normalized spacial score (nSPS) is 24.1. The largest absolute Gasteiger partial charge is 0.626 e. The molecule has 0 saturated heterocycles. The number of anilines is 1. The van der Waals surface area contributed by atoms with E-state index in [0.717, 1.165) is 5.69 Å². The average molecular weight is 383 g/mol. The number of hydrogen-bond donors (Lipinski definition) is 1. The molecule has 2 atom stereocenters. The molecule has 9 heteroatoms. The molecule has 1 aliphatic heterocycles. The van der Waals surface area contributed by atoms with Crippen LogP contribution in [0.5, 0.6) is 0 Å². The summed E-state index contributed by atoms with van der Waals surface area (Å²) >= 11 is 12.1. The summed E-state index contributed by atoms with van der Waals surface area (Å²) in [6.07, 6.45) is 0.507. The van der Waals surface area contributed by atoms with E-state index in [1.807, 2.05) is 18.7 Å². The molecule has 0 aliphatic carbocycles. The van der Waals surface area contributed by atoms with Gasteiger partial charge in [0, 0.05) is 19.5 Å². The van der Waals surface area contributed by atoms with Gasteiger partial charge in [-0.2, -0.15) is 8.42 Å². The van der Waals surface area contributed by atoms with Gasteiger partial charge in [-0.1, -0.05) is 23.2 Å². The van der Waals surface area contributed by atoms with E-state index in [4.69, 9.17) is 27.8 Å². The van der Waals surface area contributed by atoms with Gasteiger partial charge in [0.05, 0.1) is 22.3 Å². The van der Waals surface area contributed by atoms with Gasteiger partial charge in [-0.05, 0) is 25.8 Å². The van der Waals surface area contributed by atoms with Gasteiger partial charge < -0.3 is 14.8 Å². The molecule has 1 aromatic carbocycles. The fourth-order valence-electron chi connectivity index (χ4n) is 3.00. The molecule has 1 N–H and O–H groups in total. The molecule has 0 saturated carbocycles. The molecule has 0 radical (unpaired) electrons. The summed E-state index contributed by atoms with van der Waals surface area (Å²) in [6, 6.07) is 3.30. The monoisotopic (exact) mass is 382 g/mol. The van der Waals surface area contributed by atoms with Gasteiger partial charge in [-0.15, -0.1) is 0 Å². The van der Waals surface area contributed by atoms with Gasteiger partial charge in [-0.3, -0.25) is 4.55 Å². The number of hydroxylamine groups is 2. The van der Waals surface area contributed by atoms with E-state index in [1.165, 1.54) is 0 Å². The number of halogens is 2. The van der Waals surface area contributed by atoms with Gasteiger partial charge in [0.1, 0.15) is 5.69 Å². The van der Waals surface area contributed by atoms with E-state index in [1.54, 1.807) is 12.1 Å². The maximum absolute atomic E-state index is 13.1. The molecule has 6 nitrogen and oxygen atoms in total. The molecule has 2 unspecified atom stereocenters. The summed E-state index contributed by atoms with van der Waals surface area (Å²) in [5.41, 5.74) is 1.31. The smallest absolute Gasteiger partial charge is 0.264 e. The second kappa shape index (κ2) is 6.74. The average Bonchev–Trinajstić information content (AvgIpc) is 2.65. The van der Waals surface area contributed by atoms with Crippen LogP contribution in [0.3, 0.4) is 0 Å². The Balaban J connectivity index is 2.23. The Morgan fingerprint density at radius 2 is 1.91 bits per heavy atom. The van der Waals surface area contributed by atoms with Crippen molar-refractivity contribution in [2.75, 3.05) is 23.7 Å². The highest BCUT2D eigenvalue weighted by molar-refractivity contribution is 7.85. The number of benzene rings is 1. The van der Waals surface area contributed by atoms with Crippen LogP contribution in [0.1, 0.15) is 26.7 Å². The van der Waals surface area contributed by atoms with Crippen molar-refractivity contribution in [3.05, 3.63) is 27.4 Å². The van der Waals surface area contributed by atoms with Crippen LogP contribution in [-0.4, -0.2) is 38.0 Å². The van der Waals surface area contributed by atoms with Gasteiger partial charge in [-0.25, -0.2) is 0 Å². The third kappa shape index (κ3) is 3.75. The molecule has 2 rings (SSSR count). The molecule has 0 aromatic heterocycles. The van der Waals surface area contributed by atoms with Gasteiger partial charge >= 0.3 is 0 Å².